The molecule has 3 heterocycles. The van der Waals surface area contributed by atoms with E-state index in [0.29, 0.717) is 24.2 Å². The topological polar surface area (TPSA) is 49.6 Å². The van der Waals surface area contributed by atoms with Crippen molar-refractivity contribution in [3.05, 3.63) is 60.4 Å². The number of nitrogens with zero attached hydrogens (tertiary/aromatic N) is 3. The summed E-state index contributed by atoms with van der Waals surface area (Å²) in [6, 6.07) is 8.27. The normalized spacial score (nSPS) is 15.0. The summed E-state index contributed by atoms with van der Waals surface area (Å²) < 4.78 is 18.4. The fourth-order valence-corrected chi connectivity index (χ4v) is 3.10. The van der Waals surface area contributed by atoms with Gasteiger partial charge < -0.3 is 14.2 Å². The minimum absolute atomic E-state index is 0.00921. The average Bonchev–Trinajstić information content (AvgIpc) is 3.15. The van der Waals surface area contributed by atoms with E-state index < -0.39 is 0 Å². The Morgan fingerprint density at radius 3 is 2.71 bits per heavy atom. The number of hydrogen-bond acceptors (Lipinski definition) is 4. The quantitative estimate of drug-likeness (QED) is 0.727. The molecule has 1 aliphatic rings. The van der Waals surface area contributed by atoms with Crippen LogP contribution in [0.5, 0.6) is 0 Å². The Labute approximate surface area is 138 Å². The molecule has 6 heteroatoms. The molecular formula is C18H16FN3O2. The average molecular weight is 325 g/mol. The van der Waals surface area contributed by atoms with Gasteiger partial charge in [0.25, 0.3) is 5.91 Å². The van der Waals surface area contributed by atoms with Gasteiger partial charge in [0.15, 0.2) is 0 Å². The minimum atomic E-state index is -0.289. The molecule has 0 spiro atoms. The Morgan fingerprint density at radius 2 is 1.96 bits per heavy atom. The monoisotopic (exact) mass is 325 g/mol. The molecule has 0 bridgehead atoms. The largest absolute Gasteiger partial charge is 0.472 e. The molecule has 0 radical (unpaired) electrons. The van der Waals surface area contributed by atoms with Crippen LogP contribution in [0.3, 0.4) is 0 Å². The minimum Gasteiger partial charge on any atom is -0.472 e. The van der Waals surface area contributed by atoms with Gasteiger partial charge in [-0.05, 0) is 24.3 Å². The second-order valence-corrected chi connectivity index (χ2v) is 5.78. The molecule has 1 fully saturated rings. The number of carbonyl (C=O) groups excluding carboxylic acids is 1. The molecule has 24 heavy (non-hydrogen) atoms. The fraction of sp³-hybridized carbons (Fsp3) is 0.222. The number of halogens is 1. The summed E-state index contributed by atoms with van der Waals surface area (Å²) in [6.45, 7) is 2.71. The lowest BCUT2D eigenvalue weighted by atomic mass is 10.1. The van der Waals surface area contributed by atoms with Gasteiger partial charge in [-0.2, -0.15) is 0 Å². The van der Waals surface area contributed by atoms with Crippen molar-refractivity contribution in [1.82, 2.24) is 9.88 Å². The molecule has 1 aromatic carbocycles. The molecular weight excluding hydrogens is 309 g/mol. The van der Waals surface area contributed by atoms with E-state index in [2.05, 4.69) is 9.88 Å². The van der Waals surface area contributed by atoms with Crippen molar-refractivity contribution < 1.29 is 13.6 Å². The molecule has 1 amide bonds. The van der Waals surface area contributed by atoms with E-state index in [9.17, 15) is 9.18 Å². The maximum Gasteiger partial charge on any atom is 0.257 e. The van der Waals surface area contributed by atoms with Crippen molar-refractivity contribution in [1.29, 1.82) is 0 Å². The van der Waals surface area contributed by atoms with E-state index in [4.69, 9.17) is 4.42 Å². The van der Waals surface area contributed by atoms with E-state index >= 15 is 0 Å². The van der Waals surface area contributed by atoms with Crippen LogP contribution in [0.15, 0.2) is 53.5 Å². The predicted octanol–water partition coefficient (Wildman–Crippen LogP) is 2.93. The van der Waals surface area contributed by atoms with Gasteiger partial charge in [0.05, 0.1) is 17.3 Å². The second kappa shape index (κ2) is 5.96. The molecule has 0 unspecified atom stereocenters. The summed E-state index contributed by atoms with van der Waals surface area (Å²) in [4.78, 5) is 20.6. The summed E-state index contributed by atoms with van der Waals surface area (Å²) in [7, 11) is 0. The van der Waals surface area contributed by atoms with Gasteiger partial charge in [0, 0.05) is 49.5 Å². The first-order valence-corrected chi connectivity index (χ1v) is 7.83. The zero-order valence-corrected chi connectivity index (χ0v) is 13.0. The third kappa shape index (κ3) is 2.60. The standard InChI is InChI=1S/C18H16FN3O2/c19-14-1-2-15-16(11-14)20-5-3-17(15)21-6-8-22(9-7-21)18(23)13-4-10-24-12-13/h1-5,10-12H,6-9H2. The van der Waals surface area contributed by atoms with Crippen molar-refractivity contribution in [2.75, 3.05) is 31.1 Å². The number of fused-ring (bicyclic) bond motifs is 1. The molecule has 122 valence electrons. The number of aromatic nitrogens is 1. The molecule has 4 rings (SSSR count). The van der Waals surface area contributed by atoms with E-state index in [1.54, 1.807) is 18.3 Å². The van der Waals surface area contributed by atoms with Crippen LogP contribution in [0.4, 0.5) is 10.1 Å². The molecule has 5 nitrogen and oxygen atoms in total. The molecule has 0 atom stereocenters. The van der Waals surface area contributed by atoms with Crippen LogP contribution in [0.2, 0.25) is 0 Å². The molecule has 3 aromatic rings. The first-order chi connectivity index (χ1) is 11.7. The van der Waals surface area contributed by atoms with Crippen LogP contribution >= 0.6 is 0 Å². The summed E-state index contributed by atoms with van der Waals surface area (Å²) in [5.74, 6) is -0.298. The highest BCUT2D eigenvalue weighted by molar-refractivity contribution is 5.94. The SMILES string of the molecule is O=C(c1ccoc1)N1CCN(c2ccnc3cc(F)ccc23)CC1. The molecule has 0 saturated carbocycles. The lowest BCUT2D eigenvalue weighted by molar-refractivity contribution is 0.0746. The molecule has 0 aliphatic carbocycles. The lowest BCUT2D eigenvalue weighted by Crippen LogP contribution is -2.48. The number of piperazine rings is 1. The van der Waals surface area contributed by atoms with Crippen LogP contribution in [-0.4, -0.2) is 42.0 Å². The Hall–Kier alpha value is -2.89. The number of benzene rings is 1. The van der Waals surface area contributed by atoms with Crippen molar-refractivity contribution in [3.63, 3.8) is 0 Å². The first kappa shape index (κ1) is 14.7. The van der Waals surface area contributed by atoms with E-state index in [1.807, 2.05) is 11.0 Å². The van der Waals surface area contributed by atoms with Crippen molar-refractivity contribution in [3.8, 4) is 0 Å². The van der Waals surface area contributed by atoms with Crippen LogP contribution in [0.25, 0.3) is 10.9 Å². The Balaban J connectivity index is 1.53. The number of hydrogen-bond donors (Lipinski definition) is 0. The third-order valence-electron chi connectivity index (χ3n) is 4.36. The number of rotatable bonds is 2. The van der Waals surface area contributed by atoms with E-state index in [-0.39, 0.29) is 11.7 Å². The van der Waals surface area contributed by atoms with Crippen LogP contribution < -0.4 is 4.90 Å². The summed E-state index contributed by atoms with van der Waals surface area (Å²) >= 11 is 0. The van der Waals surface area contributed by atoms with Crippen LogP contribution in [0.1, 0.15) is 10.4 Å². The van der Waals surface area contributed by atoms with Gasteiger partial charge >= 0.3 is 0 Å². The van der Waals surface area contributed by atoms with Gasteiger partial charge in [-0.3, -0.25) is 9.78 Å². The predicted molar refractivity (Wildman–Crippen MR) is 88.5 cm³/mol. The van der Waals surface area contributed by atoms with E-state index in [1.165, 1.54) is 24.7 Å². The van der Waals surface area contributed by atoms with Crippen LogP contribution in [-0.2, 0) is 0 Å². The van der Waals surface area contributed by atoms with Gasteiger partial charge in [-0.1, -0.05) is 0 Å². The number of pyridine rings is 1. The number of anilines is 1. The number of carbonyl (C=O) groups is 1. The van der Waals surface area contributed by atoms with Crippen molar-refractivity contribution in [2.45, 2.75) is 0 Å². The van der Waals surface area contributed by atoms with E-state index in [0.717, 1.165) is 24.2 Å². The molecule has 1 saturated heterocycles. The smallest absolute Gasteiger partial charge is 0.257 e. The zero-order chi connectivity index (χ0) is 16.5. The lowest BCUT2D eigenvalue weighted by Gasteiger charge is -2.36. The molecule has 0 N–H and O–H groups in total. The Morgan fingerprint density at radius 1 is 1.12 bits per heavy atom. The van der Waals surface area contributed by atoms with Crippen LogP contribution in [0, 0.1) is 5.82 Å². The summed E-state index contributed by atoms with van der Waals surface area (Å²) in [5, 5.41) is 0.925. The van der Waals surface area contributed by atoms with Gasteiger partial charge in [-0.15, -0.1) is 0 Å². The fourth-order valence-electron chi connectivity index (χ4n) is 3.10. The van der Waals surface area contributed by atoms with Crippen molar-refractivity contribution in [2.24, 2.45) is 0 Å². The maximum absolute atomic E-state index is 13.4. The summed E-state index contributed by atoms with van der Waals surface area (Å²) in [6.07, 6.45) is 4.67. The highest BCUT2D eigenvalue weighted by Gasteiger charge is 2.23. The Kier molecular flexibility index (Phi) is 3.65. The van der Waals surface area contributed by atoms with Gasteiger partial charge in [0.2, 0.25) is 0 Å². The van der Waals surface area contributed by atoms with Gasteiger partial charge in [0.1, 0.15) is 12.1 Å². The summed E-state index contributed by atoms with van der Waals surface area (Å²) in [5.41, 5.74) is 2.24. The maximum atomic E-state index is 13.4. The first-order valence-electron chi connectivity index (χ1n) is 7.83. The highest BCUT2D eigenvalue weighted by atomic mass is 19.1. The molecule has 1 aliphatic heterocycles. The number of furan rings is 1. The zero-order valence-electron chi connectivity index (χ0n) is 13.0. The molecule has 2 aromatic heterocycles. The highest BCUT2D eigenvalue weighted by Crippen LogP contribution is 2.27. The number of amides is 1. The van der Waals surface area contributed by atoms with Gasteiger partial charge in [-0.25, -0.2) is 4.39 Å². The second-order valence-electron chi connectivity index (χ2n) is 5.78. The third-order valence-corrected chi connectivity index (χ3v) is 4.36. The van der Waals surface area contributed by atoms with Crippen molar-refractivity contribution >= 4 is 22.5 Å². The Bertz CT molecular complexity index is 871.